The highest BCUT2D eigenvalue weighted by atomic mass is 125. The minimum absolute atomic E-state index is 0.0787. The number of fused-ring (bicyclic) bond motifs is 1. The Hall–Kier alpha value is -6.19. The van der Waals surface area contributed by atoms with Crippen LogP contribution in [0, 0.1) is 5.41 Å². The number of aliphatic hydroxyl groups is 2. The van der Waals surface area contributed by atoms with Crippen LogP contribution >= 0.6 is 22.6 Å². The Bertz CT molecular complexity index is 2040. The summed E-state index contributed by atoms with van der Waals surface area (Å²) in [4.78, 5) is 124. The second-order valence-corrected chi connectivity index (χ2v) is 16.3. The van der Waals surface area contributed by atoms with Crippen molar-refractivity contribution in [1.29, 1.82) is 0 Å². The molecule has 5 atom stereocenters. The van der Waals surface area contributed by atoms with E-state index in [0.717, 1.165) is 10.8 Å². The molecule has 0 unspecified atom stereocenters. The molecule has 0 heterocycles. The van der Waals surface area contributed by atoms with E-state index in [1.807, 2.05) is 46.1 Å². The van der Waals surface area contributed by atoms with Crippen LogP contribution in [0.3, 0.4) is 0 Å². The molecule has 0 saturated heterocycles. The Balaban J connectivity index is 2.24. The van der Waals surface area contributed by atoms with Crippen LogP contribution in [0.5, 0.6) is 0 Å². The van der Waals surface area contributed by atoms with E-state index in [4.69, 9.17) is 9.84 Å². The van der Waals surface area contributed by atoms with Gasteiger partial charge in [-0.15, -0.1) is 0 Å². The van der Waals surface area contributed by atoms with E-state index < -0.39 is 153 Å². The van der Waals surface area contributed by atoms with Crippen molar-refractivity contribution >= 4 is 92.9 Å². The van der Waals surface area contributed by atoms with Gasteiger partial charge in [-0.3, -0.25) is 33.6 Å². The van der Waals surface area contributed by atoms with E-state index in [1.165, 1.54) is 0 Å². The Labute approximate surface area is 397 Å². The number of amides is 6. The molecule has 0 aliphatic heterocycles. The van der Waals surface area contributed by atoms with E-state index >= 15 is 0 Å². The van der Waals surface area contributed by atoms with Gasteiger partial charge in [-0.1, -0.05) is 65.1 Å². The average molecular weight is 1060 g/mol. The van der Waals surface area contributed by atoms with Crippen molar-refractivity contribution in [2.75, 3.05) is 37.4 Å². The van der Waals surface area contributed by atoms with E-state index in [-0.39, 0.29) is 43.3 Å². The summed E-state index contributed by atoms with van der Waals surface area (Å²) in [7, 11) is 0. The van der Waals surface area contributed by atoms with Gasteiger partial charge in [0.1, 0.15) is 36.8 Å². The first-order chi connectivity index (χ1) is 31.7. The molecule has 13 N–H and O–H groups in total. The summed E-state index contributed by atoms with van der Waals surface area (Å²) >= 11 is 1.92. The van der Waals surface area contributed by atoms with Gasteiger partial charge in [0.05, 0.1) is 19.8 Å². The lowest BCUT2D eigenvalue weighted by atomic mass is 9.94. The van der Waals surface area contributed by atoms with Gasteiger partial charge in [0.25, 0.3) is 0 Å². The number of benzene rings is 2. The van der Waals surface area contributed by atoms with Crippen LogP contribution in [0.1, 0.15) is 63.4 Å². The number of rotatable bonds is 33. The summed E-state index contributed by atoms with van der Waals surface area (Å²) in [5.41, 5.74) is -0.482. The van der Waals surface area contributed by atoms with Crippen LogP contribution in [0.25, 0.3) is 10.8 Å². The Morgan fingerprint density at radius 3 is 1.61 bits per heavy atom. The molecule has 2 rings (SSSR count). The summed E-state index contributed by atoms with van der Waals surface area (Å²) in [5, 5.41) is 81.6. The van der Waals surface area contributed by atoms with Gasteiger partial charge >= 0.3 is 35.9 Å². The van der Waals surface area contributed by atoms with Crippen molar-refractivity contribution in [1.82, 2.24) is 31.9 Å². The number of alkyl halides is 1. The highest BCUT2D eigenvalue weighted by Crippen LogP contribution is 2.20. The molecule has 67 heavy (non-hydrogen) atoms. The predicted octanol–water partition coefficient (Wildman–Crippen LogP) is -0.654. The molecule has 6 amide bonds. The number of hydrogen-bond acceptors (Lipinski definition) is 13. The van der Waals surface area contributed by atoms with Gasteiger partial charge in [-0.25, -0.2) is 14.4 Å². The smallest absolute Gasteiger partial charge is 0.326 e. The molecule has 370 valence electrons. The second-order valence-electron chi connectivity index (χ2n) is 15.6. The number of nitrogens with one attached hydrogen (secondary N) is 6. The Kier molecular flexibility index (Phi) is 25.0. The van der Waals surface area contributed by atoms with Crippen LogP contribution in [-0.4, -0.2) is 163 Å². The zero-order valence-electron chi connectivity index (χ0n) is 36.2. The Morgan fingerprint density at radius 2 is 1.09 bits per heavy atom. The molecule has 0 fully saturated rings. The lowest BCUT2D eigenvalue weighted by Crippen LogP contribution is -2.57. The normalized spacial score (nSPS) is 13.4. The largest absolute Gasteiger partial charge is 0.481 e. The lowest BCUT2D eigenvalue weighted by Gasteiger charge is -2.27. The molecule has 0 spiro atoms. The molecular weight excluding hydrogens is 1000 g/mol. The van der Waals surface area contributed by atoms with E-state index in [9.17, 15) is 78.6 Å². The van der Waals surface area contributed by atoms with E-state index in [0.29, 0.717) is 5.56 Å². The summed E-state index contributed by atoms with van der Waals surface area (Å²) in [5.74, 6) is -10.7. The Morgan fingerprint density at radius 1 is 0.582 bits per heavy atom. The number of aliphatic carboxylic acids is 5. The van der Waals surface area contributed by atoms with Crippen LogP contribution in [0.15, 0.2) is 42.5 Å². The van der Waals surface area contributed by atoms with Crippen LogP contribution in [0.4, 0.5) is 4.79 Å². The van der Waals surface area contributed by atoms with Crippen molar-refractivity contribution in [2.45, 2.75) is 94.4 Å². The quantitative estimate of drug-likeness (QED) is 0.0240. The molecule has 2 aromatic carbocycles. The number of carboxylic acids is 5. The minimum atomic E-state index is -1.63. The minimum Gasteiger partial charge on any atom is -0.481 e. The number of carboxylic acid groups (broad SMARTS) is 5. The third kappa shape index (κ3) is 21.3. The van der Waals surface area contributed by atoms with Crippen molar-refractivity contribution in [3.8, 4) is 0 Å². The molecule has 0 aromatic heterocycles. The zero-order chi connectivity index (χ0) is 50.1. The zero-order valence-corrected chi connectivity index (χ0v) is 38.4. The summed E-state index contributed by atoms with van der Waals surface area (Å²) in [6, 6.07) is 3.77. The fourth-order valence-electron chi connectivity index (χ4n) is 6.24. The first-order valence-electron chi connectivity index (χ1n) is 20.9. The van der Waals surface area contributed by atoms with Gasteiger partial charge in [-0.2, -0.15) is 0 Å². The fraction of sp³-hybridized carbons (Fsp3) is 0.524. The molecule has 2 aromatic rings. The maximum Gasteiger partial charge on any atom is 0.326 e. The standard InChI is InChI=1S/C42H57IN6O18/c43-20-42(21-50,22-51)23-67-19-32(52)45-27(10-13-33(53)54)37(60)46-28(11-14-34(55)56)38(61)47-31(18-24-8-9-25-5-1-2-6-26(25)17-24)36(59)44-16-4-3-7-29(39(62)63)48-41(66)49-30(40(64)65)12-15-35(57)58/h1-2,5-6,8-9,17,27-31,50-51H,3-4,7,10-16,18-23H2,(H,44,59)(H,45,52)(H,46,60)(H,47,61)(H,53,54)(H,55,56)(H,57,58)(H,62,63)(H,64,65)(H2,48,49,66)/t27-,28-,29-,30-,31-/m0/s1/i43-2. The summed E-state index contributed by atoms with van der Waals surface area (Å²) < 4.78 is 5.61. The van der Waals surface area contributed by atoms with Gasteiger partial charge in [-0.05, 0) is 54.9 Å². The first-order valence-corrected chi connectivity index (χ1v) is 22.4. The van der Waals surface area contributed by atoms with Gasteiger partial charge < -0.3 is 72.4 Å². The number of urea groups is 1. The van der Waals surface area contributed by atoms with Crippen molar-refractivity contribution in [3.05, 3.63) is 48.0 Å². The lowest BCUT2D eigenvalue weighted by molar-refractivity contribution is -0.141. The molecule has 0 radical (unpaired) electrons. The third-order valence-electron chi connectivity index (χ3n) is 10.1. The topological polar surface area (TPSA) is 394 Å². The third-order valence-corrected chi connectivity index (χ3v) is 11.8. The molecule has 25 heteroatoms. The average Bonchev–Trinajstić information content (AvgIpc) is 3.28. The summed E-state index contributed by atoms with van der Waals surface area (Å²) in [6.45, 7) is -1.90. The second kappa shape index (κ2) is 29.4. The molecule has 0 bridgehead atoms. The van der Waals surface area contributed by atoms with Gasteiger partial charge in [0.15, 0.2) is 0 Å². The molecular formula is C42H57IN6O18. The highest BCUT2D eigenvalue weighted by Gasteiger charge is 2.32. The fourth-order valence-corrected chi connectivity index (χ4v) is 6.94. The molecule has 24 nitrogen and oxygen atoms in total. The highest BCUT2D eigenvalue weighted by molar-refractivity contribution is 14.1. The van der Waals surface area contributed by atoms with Crippen molar-refractivity contribution < 1.29 is 88.4 Å². The van der Waals surface area contributed by atoms with E-state index in [1.54, 1.807) is 24.3 Å². The van der Waals surface area contributed by atoms with Crippen molar-refractivity contribution in [2.24, 2.45) is 5.41 Å². The molecule has 0 saturated carbocycles. The maximum absolute atomic E-state index is 13.9. The van der Waals surface area contributed by atoms with Gasteiger partial charge in [0.2, 0.25) is 23.6 Å². The van der Waals surface area contributed by atoms with Gasteiger partial charge in [0, 0.05) is 42.1 Å². The number of aliphatic hydroxyl groups excluding tert-OH is 2. The number of unbranched alkanes of at least 4 members (excludes halogenated alkanes) is 1. The number of carbonyl (C=O) groups is 10. The first kappa shape index (κ1) is 56.9. The van der Waals surface area contributed by atoms with Crippen LogP contribution in [-0.2, 0) is 54.3 Å². The molecule has 0 aliphatic carbocycles. The number of ether oxygens (including phenoxy) is 1. The van der Waals surface area contributed by atoms with Crippen LogP contribution in [0.2, 0.25) is 0 Å². The maximum atomic E-state index is 13.9. The van der Waals surface area contributed by atoms with Crippen LogP contribution < -0.4 is 31.9 Å². The SMILES string of the molecule is O=C(O)CC[C@H](NC(=O)N[C@@H](CCCCNC(=O)[C@H](Cc1ccc2ccccc2c1)NC(=O)[C@H](CCC(=O)O)NC(=O)[C@H](CCC(=O)O)NC(=O)COCC(CO)(CO)C[125I])C(=O)O)C(=O)O. The predicted molar refractivity (Wildman–Crippen MR) is 242 cm³/mol. The molecule has 0 aliphatic rings. The monoisotopic (exact) mass is 1060 g/mol. The van der Waals surface area contributed by atoms with Crippen molar-refractivity contribution in [3.63, 3.8) is 0 Å². The number of carbonyl (C=O) groups excluding carboxylic acids is 5. The number of halogens is 1. The number of hydrogen-bond donors (Lipinski definition) is 13. The summed E-state index contributed by atoms with van der Waals surface area (Å²) in [6.07, 6.45) is -3.32. The van der Waals surface area contributed by atoms with E-state index in [2.05, 4.69) is 26.6 Å².